The third-order valence-corrected chi connectivity index (χ3v) is 3.38. The molecule has 0 aliphatic rings. The summed E-state index contributed by atoms with van der Waals surface area (Å²) in [6.45, 7) is -0.0457. The molecule has 0 saturated carbocycles. The van der Waals surface area contributed by atoms with Gasteiger partial charge in [0.25, 0.3) is 5.91 Å². The van der Waals surface area contributed by atoms with Gasteiger partial charge in [-0.3, -0.25) is 4.79 Å². The number of hydrogen-bond donors (Lipinski definition) is 1. The maximum Gasteiger partial charge on any atom is 0.257 e. The number of benzene rings is 2. The molecular formula is C15H10BrClN2O2. The van der Waals surface area contributed by atoms with Gasteiger partial charge in [0.15, 0.2) is 6.61 Å². The van der Waals surface area contributed by atoms with E-state index in [1.807, 2.05) is 6.07 Å². The van der Waals surface area contributed by atoms with Crippen molar-refractivity contribution in [3.63, 3.8) is 0 Å². The Bertz CT molecular complexity index is 713. The van der Waals surface area contributed by atoms with Crippen LogP contribution >= 0.6 is 27.5 Å². The minimum absolute atomic E-state index is 0.0457. The van der Waals surface area contributed by atoms with Crippen LogP contribution in [0.5, 0.6) is 5.75 Å². The third-order valence-electron chi connectivity index (χ3n) is 2.57. The quantitative estimate of drug-likeness (QED) is 0.880. The van der Waals surface area contributed by atoms with Gasteiger partial charge in [0.2, 0.25) is 0 Å². The zero-order valence-corrected chi connectivity index (χ0v) is 13.1. The molecule has 0 aliphatic carbocycles. The van der Waals surface area contributed by atoms with Crippen molar-refractivity contribution < 1.29 is 9.53 Å². The molecule has 2 aromatic rings. The van der Waals surface area contributed by atoms with E-state index in [4.69, 9.17) is 21.6 Å². The number of anilines is 1. The summed E-state index contributed by atoms with van der Waals surface area (Å²) in [5.74, 6) is 0.196. The first-order valence-electron chi connectivity index (χ1n) is 5.96. The van der Waals surface area contributed by atoms with Gasteiger partial charge in [-0.2, -0.15) is 5.26 Å². The van der Waals surface area contributed by atoms with E-state index in [1.165, 1.54) is 0 Å². The van der Waals surface area contributed by atoms with E-state index >= 15 is 0 Å². The first-order chi connectivity index (χ1) is 10.1. The van der Waals surface area contributed by atoms with Crippen LogP contribution in [0.1, 0.15) is 10.4 Å². The van der Waals surface area contributed by atoms with Crippen LogP contribution in [0.4, 0.5) is 5.69 Å². The standard InChI is InChI=1S/C15H10BrClN2O2/c16-10-4-5-13(14(17)8-10)15(20)19-11-2-1-3-12(9-11)21-7-6-18/h1-5,8-9H,7H2,(H,19,20). The first kappa shape index (κ1) is 15.4. The van der Waals surface area contributed by atoms with E-state index in [-0.39, 0.29) is 12.5 Å². The molecule has 0 unspecified atom stereocenters. The summed E-state index contributed by atoms with van der Waals surface area (Å²) in [5.41, 5.74) is 0.942. The highest BCUT2D eigenvalue weighted by atomic mass is 79.9. The number of ether oxygens (including phenoxy) is 1. The van der Waals surface area contributed by atoms with Gasteiger partial charge in [-0.05, 0) is 30.3 Å². The number of carbonyl (C=O) groups is 1. The maximum atomic E-state index is 12.2. The van der Waals surface area contributed by atoms with Crippen molar-refractivity contribution in [3.05, 3.63) is 57.5 Å². The van der Waals surface area contributed by atoms with Gasteiger partial charge in [0, 0.05) is 16.2 Å². The average Bonchev–Trinajstić information content (AvgIpc) is 2.45. The summed E-state index contributed by atoms with van der Waals surface area (Å²) in [6.07, 6.45) is 0. The predicted octanol–water partition coefficient (Wildman–Crippen LogP) is 4.26. The second-order valence-electron chi connectivity index (χ2n) is 4.05. The van der Waals surface area contributed by atoms with Crippen molar-refractivity contribution in [1.29, 1.82) is 5.26 Å². The molecule has 0 heterocycles. The first-order valence-corrected chi connectivity index (χ1v) is 7.13. The summed E-state index contributed by atoms with van der Waals surface area (Å²) < 4.78 is 5.98. The van der Waals surface area contributed by atoms with E-state index in [2.05, 4.69) is 21.2 Å². The van der Waals surface area contributed by atoms with Gasteiger partial charge in [-0.1, -0.05) is 33.6 Å². The van der Waals surface area contributed by atoms with Crippen LogP contribution in [0.3, 0.4) is 0 Å². The summed E-state index contributed by atoms with van der Waals surface area (Å²) in [6, 6.07) is 13.7. The maximum absolute atomic E-state index is 12.2. The summed E-state index contributed by atoms with van der Waals surface area (Å²) in [7, 11) is 0. The van der Waals surface area contributed by atoms with Crippen LogP contribution in [-0.2, 0) is 0 Å². The van der Waals surface area contributed by atoms with E-state index in [0.717, 1.165) is 4.47 Å². The molecule has 2 aromatic carbocycles. The SMILES string of the molecule is N#CCOc1cccc(NC(=O)c2ccc(Br)cc2Cl)c1. The number of rotatable bonds is 4. The Hall–Kier alpha value is -2.03. The third kappa shape index (κ3) is 4.22. The molecule has 21 heavy (non-hydrogen) atoms. The molecule has 1 amide bonds. The highest BCUT2D eigenvalue weighted by Crippen LogP contribution is 2.23. The smallest absolute Gasteiger partial charge is 0.257 e. The Labute approximate surface area is 135 Å². The molecule has 106 valence electrons. The Balaban J connectivity index is 2.14. The topological polar surface area (TPSA) is 62.1 Å². The van der Waals surface area contributed by atoms with Crippen molar-refractivity contribution in [2.45, 2.75) is 0 Å². The van der Waals surface area contributed by atoms with Crippen LogP contribution < -0.4 is 10.1 Å². The number of hydrogen-bond acceptors (Lipinski definition) is 3. The van der Waals surface area contributed by atoms with Gasteiger partial charge in [-0.25, -0.2) is 0 Å². The van der Waals surface area contributed by atoms with Gasteiger partial charge < -0.3 is 10.1 Å². The average molecular weight is 366 g/mol. The van der Waals surface area contributed by atoms with Crippen molar-refractivity contribution in [3.8, 4) is 11.8 Å². The Morgan fingerprint density at radius 2 is 2.14 bits per heavy atom. The minimum atomic E-state index is -0.315. The van der Waals surface area contributed by atoms with E-state index in [9.17, 15) is 4.79 Å². The molecule has 0 spiro atoms. The normalized spacial score (nSPS) is 9.76. The second kappa shape index (κ2) is 7.11. The molecule has 4 nitrogen and oxygen atoms in total. The molecule has 0 saturated heterocycles. The lowest BCUT2D eigenvalue weighted by molar-refractivity contribution is 0.102. The van der Waals surface area contributed by atoms with Gasteiger partial charge in [0.1, 0.15) is 11.8 Å². The lowest BCUT2D eigenvalue weighted by atomic mass is 10.2. The fraction of sp³-hybridized carbons (Fsp3) is 0.0667. The number of nitriles is 1. The number of nitrogens with zero attached hydrogens (tertiary/aromatic N) is 1. The number of amides is 1. The van der Waals surface area contributed by atoms with Crippen molar-refractivity contribution in [1.82, 2.24) is 0 Å². The lowest BCUT2D eigenvalue weighted by Gasteiger charge is -2.08. The molecule has 0 aliphatic heterocycles. The van der Waals surface area contributed by atoms with Gasteiger partial charge in [-0.15, -0.1) is 0 Å². The second-order valence-corrected chi connectivity index (χ2v) is 5.38. The van der Waals surface area contributed by atoms with Crippen molar-refractivity contribution in [2.24, 2.45) is 0 Å². The largest absolute Gasteiger partial charge is 0.479 e. The summed E-state index contributed by atoms with van der Waals surface area (Å²) in [5, 5.41) is 11.6. The molecule has 1 N–H and O–H groups in total. The molecule has 0 aromatic heterocycles. The van der Waals surface area contributed by atoms with Crippen LogP contribution in [0.2, 0.25) is 5.02 Å². The van der Waals surface area contributed by atoms with Crippen molar-refractivity contribution in [2.75, 3.05) is 11.9 Å². The number of carbonyl (C=O) groups excluding carboxylic acids is 1. The van der Waals surface area contributed by atoms with Crippen LogP contribution in [0.15, 0.2) is 46.9 Å². The minimum Gasteiger partial charge on any atom is -0.479 e. The summed E-state index contributed by atoms with van der Waals surface area (Å²) >= 11 is 9.33. The predicted molar refractivity (Wildman–Crippen MR) is 84.7 cm³/mol. The van der Waals surface area contributed by atoms with Crippen LogP contribution in [0, 0.1) is 11.3 Å². The summed E-state index contributed by atoms with van der Waals surface area (Å²) in [4.78, 5) is 12.2. The number of halogens is 2. The van der Waals surface area contributed by atoms with E-state index in [0.29, 0.717) is 22.0 Å². The molecular weight excluding hydrogens is 356 g/mol. The zero-order valence-electron chi connectivity index (χ0n) is 10.8. The molecule has 0 bridgehead atoms. The molecule has 2 rings (SSSR count). The highest BCUT2D eigenvalue weighted by Gasteiger charge is 2.11. The Morgan fingerprint density at radius 3 is 2.86 bits per heavy atom. The van der Waals surface area contributed by atoms with Crippen molar-refractivity contribution >= 4 is 39.1 Å². The zero-order chi connectivity index (χ0) is 15.2. The fourth-order valence-corrected chi connectivity index (χ4v) is 2.41. The Morgan fingerprint density at radius 1 is 1.33 bits per heavy atom. The fourth-order valence-electron chi connectivity index (χ4n) is 1.65. The van der Waals surface area contributed by atoms with Gasteiger partial charge in [0.05, 0.1) is 10.6 Å². The van der Waals surface area contributed by atoms with E-state index < -0.39 is 0 Å². The monoisotopic (exact) mass is 364 g/mol. The lowest BCUT2D eigenvalue weighted by Crippen LogP contribution is -2.12. The Kier molecular flexibility index (Phi) is 5.20. The van der Waals surface area contributed by atoms with Gasteiger partial charge >= 0.3 is 0 Å². The van der Waals surface area contributed by atoms with E-state index in [1.54, 1.807) is 42.5 Å². The molecule has 0 radical (unpaired) electrons. The highest BCUT2D eigenvalue weighted by molar-refractivity contribution is 9.10. The number of nitrogens with one attached hydrogen (secondary N) is 1. The van der Waals surface area contributed by atoms with Crippen LogP contribution in [0.25, 0.3) is 0 Å². The van der Waals surface area contributed by atoms with Crippen LogP contribution in [-0.4, -0.2) is 12.5 Å². The molecule has 0 fully saturated rings. The molecule has 0 atom stereocenters. The molecule has 6 heteroatoms.